The SMILES string of the molecule is COc1cccc(C2Cn3ccnc3CN2CC2CCOCC2)c1. The Morgan fingerprint density at radius 3 is 3.00 bits per heavy atom. The Labute approximate surface area is 143 Å². The summed E-state index contributed by atoms with van der Waals surface area (Å²) in [7, 11) is 1.73. The highest BCUT2D eigenvalue weighted by molar-refractivity contribution is 5.31. The second-order valence-corrected chi connectivity index (χ2v) is 6.77. The van der Waals surface area contributed by atoms with Crippen molar-refractivity contribution in [2.75, 3.05) is 26.9 Å². The van der Waals surface area contributed by atoms with Crippen LogP contribution in [-0.4, -0.2) is 41.3 Å². The monoisotopic (exact) mass is 327 g/mol. The lowest BCUT2D eigenvalue weighted by Gasteiger charge is -2.39. The van der Waals surface area contributed by atoms with E-state index in [-0.39, 0.29) is 0 Å². The summed E-state index contributed by atoms with van der Waals surface area (Å²) >= 11 is 0. The van der Waals surface area contributed by atoms with Gasteiger partial charge in [0.05, 0.1) is 19.7 Å². The van der Waals surface area contributed by atoms with E-state index in [1.54, 1.807) is 7.11 Å². The number of hydrogen-bond acceptors (Lipinski definition) is 4. The maximum Gasteiger partial charge on any atom is 0.122 e. The van der Waals surface area contributed by atoms with Crippen LogP contribution in [0.4, 0.5) is 0 Å². The third-order valence-corrected chi connectivity index (χ3v) is 5.27. The topological polar surface area (TPSA) is 39.5 Å². The average Bonchev–Trinajstić information content (AvgIpc) is 3.09. The predicted molar refractivity (Wildman–Crippen MR) is 91.9 cm³/mol. The number of imidazole rings is 1. The van der Waals surface area contributed by atoms with Crippen LogP contribution >= 0.6 is 0 Å². The first-order valence-electron chi connectivity index (χ1n) is 8.79. The first kappa shape index (κ1) is 15.7. The Morgan fingerprint density at radius 2 is 2.17 bits per heavy atom. The number of hydrogen-bond donors (Lipinski definition) is 0. The maximum absolute atomic E-state index is 5.52. The van der Waals surface area contributed by atoms with Crippen molar-refractivity contribution in [3.63, 3.8) is 0 Å². The normalized spacial score (nSPS) is 22.3. The van der Waals surface area contributed by atoms with E-state index in [2.05, 4.69) is 38.8 Å². The lowest BCUT2D eigenvalue weighted by molar-refractivity contribution is 0.0351. The Hall–Kier alpha value is -1.85. The molecular formula is C19H25N3O2. The number of methoxy groups -OCH3 is 1. The van der Waals surface area contributed by atoms with Gasteiger partial charge in [-0.15, -0.1) is 0 Å². The van der Waals surface area contributed by atoms with Crippen LogP contribution < -0.4 is 4.74 Å². The molecule has 0 N–H and O–H groups in total. The van der Waals surface area contributed by atoms with E-state index >= 15 is 0 Å². The molecule has 5 nitrogen and oxygen atoms in total. The third-order valence-electron chi connectivity index (χ3n) is 5.27. The van der Waals surface area contributed by atoms with Crippen LogP contribution in [0.1, 0.15) is 30.3 Å². The molecule has 128 valence electrons. The molecule has 2 aromatic rings. The third kappa shape index (κ3) is 3.19. The molecule has 1 unspecified atom stereocenters. The molecular weight excluding hydrogens is 302 g/mol. The van der Waals surface area contributed by atoms with Crippen LogP contribution in [0, 0.1) is 5.92 Å². The lowest BCUT2D eigenvalue weighted by Crippen LogP contribution is -2.40. The van der Waals surface area contributed by atoms with Crippen molar-refractivity contribution in [2.24, 2.45) is 5.92 Å². The van der Waals surface area contributed by atoms with Crippen molar-refractivity contribution < 1.29 is 9.47 Å². The van der Waals surface area contributed by atoms with E-state index in [4.69, 9.17) is 9.47 Å². The van der Waals surface area contributed by atoms with E-state index in [1.165, 1.54) is 11.4 Å². The molecule has 1 aromatic carbocycles. The lowest BCUT2D eigenvalue weighted by atomic mass is 9.96. The molecule has 0 aliphatic carbocycles. The summed E-state index contributed by atoms with van der Waals surface area (Å²) in [5, 5.41) is 0. The average molecular weight is 327 g/mol. The fourth-order valence-electron chi connectivity index (χ4n) is 3.87. The summed E-state index contributed by atoms with van der Waals surface area (Å²) in [6.45, 7) is 4.77. The van der Waals surface area contributed by atoms with Crippen LogP contribution in [0.15, 0.2) is 36.7 Å². The van der Waals surface area contributed by atoms with E-state index in [1.807, 2.05) is 12.3 Å². The fraction of sp³-hybridized carbons (Fsp3) is 0.526. The first-order valence-corrected chi connectivity index (χ1v) is 8.79. The van der Waals surface area contributed by atoms with Crippen molar-refractivity contribution in [2.45, 2.75) is 32.0 Å². The summed E-state index contributed by atoms with van der Waals surface area (Å²) in [4.78, 5) is 7.12. The Balaban J connectivity index is 1.60. The van der Waals surface area contributed by atoms with E-state index in [0.717, 1.165) is 51.4 Å². The van der Waals surface area contributed by atoms with Gasteiger partial charge < -0.3 is 14.0 Å². The van der Waals surface area contributed by atoms with Crippen LogP contribution in [0.5, 0.6) is 5.75 Å². The number of nitrogens with zero attached hydrogens (tertiary/aromatic N) is 3. The van der Waals surface area contributed by atoms with Gasteiger partial charge >= 0.3 is 0 Å². The van der Waals surface area contributed by atoms with Crippen molar-refractivity contribution in [1.29, 1.82) is 0 Å². The van der Waals surface area contributed by atoms with Crippen LogP contribution in [-0.2, 0) is 17.8 Å². The molecule has 24 heavy (non-hydrogen) atoms. The van der Waals surface area contributed by atoms with Crippen LogP contribution in [0.25, 0.3) is 0 Å². The van der Waals surface area contributed by atoms with Gasteiger partial charge in [-0.25, -0.2) is 4.98 Å². The van der Waals surface area contributed by atoms with Gasteiger partial charge in [-0.3, -0.25) is 4.90 Å². The molecule has 2 aliphatic heterocycles. The Bertz CT molecular complexity index is 679. The molecule has 0 amide bonds. The van der Waals surface area contributed by atoms with E-state index in [9.17, 15) is 0 Å². The summed E-state index contributed by atoms with van der Waals surface area (Å²) in [5.74, 6) is 2.81. The maximum atomic E-state index is 5.52. The number of rotatable bonds is 4. The summed E-state index contributed by atoms with van der Waals surface area (Å²) in [5.41, 5.74) is 1.32. The van der Waals surface area contributed by atoms with Crippen LogP contribution in [0.2, 0.25) is 0 Å². The smallest absolute Gasteiger partial charge is 0.122 e. The molecule has 4 rings (SSSR count). The van der Waals surface area contributed by atoms with Crippen molar-refractivity contribution in [3.8, 4) is 5.75 Å². The van der Waals surface area contributed by atoms with Gasteiger partial charge in [0.15, 0.2) is 0 Å². The molecule has 0 saturated carbocycles. The summed E-state index contributed by atoms with van der Waals surface area (Å²) < 4.78 is 13.2. The minimum Gasteiger partial charge on any atom is -0.497 e. The zero-order valence-electron chi connectivity index (χ0n) is 14.2. The molecule has 0 spiro atoms. The first-order chi connectivity index (χ1) is 11.8. The highest BCUT2D eigenvalue weighted by Gasteiger charge is 2.30. The van der Waals surface area contributed by atoms with Crippen molar-refractivity contribution in [1.82, 2.24) is 14.5 Å². The van der Waals surface area contributed by atoms with Gasteiger partial charge in [-0.1, -0.05) is 12.1 Å². The molecule has 1 fully saturated rings. The second kappa shape index (κ2) is 6.95. The van der Waals surface area contributed by atoms with Gasteiger partial charge in [-0.2, -0.15) is 0 Å². The molecule has 3 heterocycles. The van der Waals surface area contributed by atoms with Gasteiger partial charge in [0, 0.05) is 38.7 Å². The number of fused-ring (bicyclic) bond motifs is 1. The molecule has 0 radical (unpaired) electrons. The number of benzene rings is 1. The largest absolute Gasteiger partial charge is 0.497 e. The number of aromatic nitrogens is 2. The van der Waals surface area contributed by atoms with Crippen molar-refractivity contribution in [3.05, 3.63) is 48.0 Å². The highest BCUT2D eigenvalue weighted by Crippen LogP contribution is 2.32. The van der Waals surface area contributed by atoms with Crippen LogP contribution in [0.3, 0.4) is 0 Å². The minimum atomic E-state index is 0.365. The van der Waals surface area contributed by atoms with Crippen molar-refractivity contribution >= 4 is 0 Å². The zero-order valence-corrected chi connectivity index (χ0v) is 14.2. The van der Waals surface area contributed by atoms with Gasteiger partial charge in [-0.05, 0) is 36.5 Å². The summed E-state index contributed by atoms with van der Waals surface area (Å²) in [6.07, 6.45) is 6.33. The molecule has 1 saturated heterocycles. The number of ether oxygens (including phenoxy) is 2. The molecule has 2 aliphatic rings. The molecule has 0 bridgehead atoms. The second-order valence-electron chi connectivity index (χ2n) is 6.77. The highest BCUT2D eigenvalue weighted by atomic mass is 16.5. The standard InChI is InChI=1S/C19H25N3O2/c1-23-17-4-2-3-16(11-17)18-13-21-8-7-20-19(21)14-22(18)12-15-5-9-24-10-6-15/h2-4,7-8,11,15,18H,5-6,9-10,12-14H2,1H3. The molecule has 5 heteroatoms. The minimum absolute atomic E-state index is 0.365. The predicted octanol–water partition coefficient (Wildman–Crippen LogP) is 2.88. The van der Waals surface area contributed by atoms with E-state index in [0.29, 0.717) is 12.0 Å². The molecule has 1 atom stereocenters. The fourth-order valence-corrected chi connectivity index (χ4v) is 3.87. The Kier molecular flexibility index (Phi) is 4.54. The van der Waals surface area contributed by atoms with E-state index < -0.39 is 0 Å². The van der Waals surface area contributed by atoms with Gasteiger partial charge in [0.25, 0.3) is 0 Å². The summed E-state index contributed by atoms with van der Waals surface area (Å²) in [6, 6.07) is 8.85. The quantitative estimate of drug-likeness (QED) is 0.866. The van der Waals surface area contributed by atoms with Gasteiger partial charge in [0.1, 0.15) is 11.6 Å². The zero-order chi connectivity index (χ0) is 16.4. The van der Waals surface area contributed by atoms with Gasteiger partial charge in [0.2, 0.25) is 0 Å². The molecule has 1 aromatic heterocycles. The Morgan fingerprint density at radius 1 is 1.29 bits per heavy atom.